The first-order valence-electron chi connectivity index (χ1n) is 6.14. The number of rotatable bonds is 7. The molecule has 0 bridgehead atoms. The van der Waals surface area contributed by atoms with E-state index >= 15 is 0 Å². The van der Waals surface area contributed by atoms with Gasteiger partial charge in [0, 0.05) is 12.6 Å². The number of hydrogen-bond acceptors (Lipinski definition) is 2. The van der Waals surface area contributed by atoms with Gasteiger partial charge in [-0.25, -0.2) is 0 Å². The molecule has 1 aromatic heterocycles. The number of halogens is 1. The average Bonchev–Trinajstić information content (AvgIpc) is 2.58. The lowest BCUT2D eigenvalue weighted by atomic mass is 10.1. The van der Waals surface area contributed by atoms with Crippen molar-refractivity contribution >= 4 is 11.6 Å². The first kappa shape index (κ1) is 13.5. The highest BCUT2D eigenvalue weighted by atomic mass is 35.5. The molecule has 1 heterocycles. The molecular formula is C12H22ClN3. The van der Waals surface area contributed by atoms with Gasteiger partial charge < -0.3 is 5.73 Å². The maximum Gasteiger partial charge on any atom is 0.0817 e. The Balaban J connectivity index is 2.54. The second-order valence-electron chi connectivity index (χ2n) is 4.25. The predicted molar refractivity (Wildman–Crippen MR) is 68.7 cm³/mol. The quantitative estimate of drug-likeness (QED) is 0.800. The van der Waals surface area contributed by atoms with Crippen molar-refractivity contribution < 1.29 is 0 Å². The van der Waals surface area contributed by atoms with Crippen LogP contribution in [0, 0.1) is 0 Å². The van der Waals surface area contributed by atoms with Crippen molar-refractivity contribution in [2.24, 2.45) is 5.73 Å². The molecular weight excluding hydrogens is 222 g/mol. The normalized spacial score (nSPS) is 13.0. The van der Waals surface area contributed by atoms with E-state index in [1.54, 1.807) is 6.20 Å². The Morgan fingerprint density at radius 1 is 1.38 bits per heavy atom. The summed E-state index contributed by atoms with van der Waals surface area (Å²) in [5.41, 5.74) is 7.14. The molecule has 0 amide bonds. The molecule has 4 heteroatoms. The van der Waals surface area contributed by atoms with E-state index in [9.17, 15) is 0 Å². The Kier molecular flexibility index (Phi) is 5.85. The molecule has 0 fully saturated rings. The van der Waals surface area contributed by atoms with Crippen molar-refractivity contribution in [2.45, 2.75) is 58.5 Å². The fourth-order valence-electron chi connectivity index (χ4n) is 1.88. The van der Waals surface area contributed by atoms with Gasteiger partial charge >= 0.3 is 0 Å². The van der Waals surface area contributed by atoms with Crippen LogP contribution in [-0.2, 0) is 13.0 Å². The molecule has 0 aliphatic carbocycles. The Labute approximate surface area is 103 Å². The summed E-state index contributed by atoms with van der Waals surface area (Å²) in [6.07, 6.45) is 6.95. The molecule has 3 nitrogen and oxygen atoms in total. The van der Waals surface area contributed by atoms with E-state index in [0.29, 0.717) is 0 Å². The monoisotopic (exact) mass is 243 g/mol. The predicted octanol–water partition coefficient (Wildman–Crippen LogP) is 3.01. The van der Waals surface area contributed by atoms with Crippen molar-refractivity contribution in [3.63, 3.8) is 0 Å². The molecule has 1 aromatic rings. The summed E-state index contributed by atoms with van der Waals surface area (Å²) >= 11 is 6.12. The molecule has 92 valence electrons. The topological polar surface area (TPSA) is 43.8 Å². The lowest BCUT2D eigenvalue weighted by Crippen LogP contribution is -2.21. The zero-order chi connectivity index (χ0) is 12.0. The molecule has 0 aromatic carbocycles. The second-order valence-corrected chi connectivity index (χ2v) is 4.66. The van der Waals surface area contributed by atoms with Crippen molar-refractivity contribution in [3.05, 3.63) is 16.9 Å². The van der Waals surface area contributed by atoms with Gasteiger partial charge in [0.05, 0.1) is 16.9 Å². The van der Waals surface area contributed by atoms with Crippen LogP contribution in [0.2, 0.25) is 5.02 Å². The third kappa shape index (κ3) is 3.80. The highest BCUT2D eigenvalue weighted by molar-refractivity contribution is 6.31. The maximum absolute atomic E-state index is 6.12. The summed E-state index contributed by atoms with van der Waals surface area (Å²) in [5.74, 6) is 0. The van der Waals surface area contributed by atoms with Crippen molar-refractivity contribution in [3.8, 4) is 0 Å². The van der Waals surface area contributed by atoms with Crippen LogP contribution < -0.4 is 5.73 Å². The Bertz CT molecular complexity index is 309. The van der Waals surface area contributed by atoms with E-state index in [0.717, 1.165) is 49.4 Å². The van der Waals surface area contributed by atoms with Gasteiger partial charge in [0.15, 0.2) is 0 Å². The average molecular weight is 244 g/mol. The van der Waals surface area contributed by atoms with Gasteiger partial charge in [-0.15, -0.1) is 0 Å². The van der Waals surface area contributed by atoms with Gasteiger partial charge in [0.1, 0.15) is 0 Å². The zero-order valence-corrected chi connectivity index (χ0v) is 11.0. The van der Waals surface area contributed by atoms with Crippen molar-refractivity contribution in [1.82, 2.24) is 9.78 Å². The van der Waals surface area contributed by atoms with E-state index in [2.05, 4.69) is 18.9 Å². The van der Waals surface area contributed by atoms with E-state index < -0.39 is 0 Å². The standard InChI is InChI=1S/C12H22ClN3/c1-3-5-10(14)6-7-12-11(13)9-15-16(12)8-4-2/h9-10H,3-8,14H2,1-2H3. The molecule has 1 rings (SSSR count). The smallest absolute Gasteiger partial charge is 0.0817 e. The largest absolute Gasteiger partial charge is 0.328 e. The minimum Gasteiger partial charge on any atom is -0.328 e. The minimum absolute atomic E-state index is 0.283. The molecule has 0 aliphatic rings. The van der Waals surface area contributed by atoms with Crippen LogP contribution in [0.5, 0.6) is 0 Å². The lowest BCUT2D eigenvalue weighted by Gasteiger charge is -2.11. The van der Waals surface area contributed by atoms with Crippen LogP contribution in [-0.4, -0.2) is 15.8 Å². The zero-order valence-electron chi connectivity index (χ0n) is 10.2. The van der Waals surface area contributed by atoms with Crippen molar-refractivity contribution in [1.29, 1.82) is 0 Å². The van der Waals surface area contributed by atoms with Crippen LogP contribution in [0.25, 0.3) is 0 Å². The second kappa shape index (κ2) is 6.92. The fourth-order valence-corrected chi connectivity index (χ4v) is 2.11. The Morgan fingerprint density at radius 2 is 2.12 bits per heavy atom. The lowest BCUT2D eigenvalue weighted by molar-refractivity contribution is 0.525. The Hall–Kier alpha value is -0.540. The van der Waals surface area contributed by atoms with E-state index in [1.807, 2.05) is 4.68 Å². The SMILES string of the molecule is CCCC(N)CCc1c(Cl)cnn1CCC. The van der Waals surface area contributed by atoms with E-state index in [4.69, 9.17) is 17.3 Å². The first-order chi connectivity index (χ1) is 7.69. The first-order valence-corrected chi connectivity index (χ1v) is 6.52. The summed E-state index contributed by atoms with van der Waals surface area (Å²) in [4.78, 5) is 0. The van der Waals surface area contributed by atoms with Crippen LogP contribution in [0.4, 0.5) is 0 Å². The molecule has 0 radical (unpaired) electrons. The van der Waals surface area contributed by atoms with E-state index in [1.165, 1.54) is 0 Å². The molecule has 1 atom stereocenters. The van der Waals surface area contributed by atoms with Crippen LogP contribution in [0.3, 0.4) is 0 Å². The number of nitrogens with two attached hydrogens (primary N) is 1. The summed E-state index contributed by atoms with van der Waals surface area (Å²) in [6.45, 7) is 5.24. The van der Waals surface area contributed by atoms with Crippen LogP contribution in [0.15, 0.2) is 6.20 Å². The number of hydrogen-bond donors (Lipinski definition) is 1. The molecule has 0 saturated heterocycles. The summed E-state index contributed by atoms with van der Waals surface area (Å²) in [6, 6.07) is 0.283. The fraction of sp³-hybridized carbons (Fsp3) is 0.750. The molecule has 0 aliphatic heterocycles. The van der Waals surface area contributed by atoms with Gasteiger partial charge in [-0.05, 0) is 25.7 Å². The molecule has 0 spiro atoms. The third-order valence-corrected chi connectivity index (χ3v) is 3.06. The summed E-state index contributed by atoms with van der Waals surface area (Å²) < 4.78 is 2.00. The number of aryl methyl sites for hydroxylation is 1. The minimum atomic E-state index is 0.283. The highest BCUT2D eigenvalue weighted by Gasteiger charge is 2.10. The molecule has 0 saturated carbocycles. The highest BCUT2D eigenvalue weighted by Crippen LogP contribution is 2.18. The number of nitrogens with zero attached hydrogens (tertiary/aromatic N) is 2. The summed E-state index contributed by atoms with van der Waals surface area (Å²) in [7, 11) is 0. The van der Waals surface area contributed by atoms with Gasteiger partial charge in [-0.1, -0.05) is 31.9 Å². The van der Waals surface area contributed by atoms with Crippen LogP contribution in [0.1, 0.15) is 45.2 Å². The van der Waals surface area contributed by atoms with Gasteiger partial charge in [0.25, 0.3) is 0 Å². The van der Waals surface area contributed by atoms with E-state index in [-0.39, 0.29) is 6.04 Å². The molecule has 1 unspecified atom stereocenters. The Morgan fingerprint density at radius 3 is 2.75 bits per heavy atom. The van der Waals surface area contributed by atoms with Crippen LogP contribution >= 0.6 is 11.6 Å². The number of aromatic nitrogens is 2. The molecule has 16 heavy (non-hydrogen) atoms. The van der Waals surface area contributed by atoms with Gasteiger partial charge in [-0.2, -0.15) is 5.10 Å². The van der Waals surface area contributed by atoms with Gasteiger partial charge in [0.2, 0.25) is 0 Å². The molecule has 2 N–H and O–H groups in total. The third-order valence-electron chi connectivity index (χ3n) is 2.74. The summed E-state index contributed by atoms with van der Waals surface area (Å²) in [5, 5.41) is 5.05. The maximum atomic E-state index is 6.12. The van der Waals surface area contributed by atoms with Crippen molar-refractivity contribution in [2.75, 3.05) is 0 Å². The van der Waals surface area contributed by atoms with Gasteiger partial charge in [-0.3, -0.25) is 4.68 Å².